The molecule has 2 heterocycles. The lowest BCUT2D eigenvalue weighted by Crippen LogP contribution is -2.40. The first kappa shape index (κ1) is 15.7. The van der Waals surface area contributed by atoms with Crippen LogP contribution in [0.4, 0.5) is 0 Å². The zero-order chi connectivity index (χ0) is 14.9. The molecule has 0 saturated carbocycles. The second-order valence-electron chi connectivity index (χ2n) is 4.81. The summed E-state index contributed by atoms with van der Waals surface area (Å²) in [6.07, 6.45) is 0.802. The Morgan fingerprint density at radius 1 is 1.50 bits per heavy atom. The fraction of sp³-hybridized carbons (Fsp3) is 0.667. The van der Waals surface area contributed by atoms with Gasteiger partial charge in [-0.15, -0.1) is 0 Å². The highest BCUT2D eigenvalue weighted by molar-refractivity contribution is 14.1. The summed E-state index contributed by atoms with van der Waals surface area (Å²) >= 11 is 1.65. The van der Waals surface area contributed by atoms with Gasteiger partial charge >= 0.3 is 5.69 Å². The molecule has 1 saturated heterocycles. The fourth-order valence-corrected chi connectivity index (χ4v) is 2.87. The smallest absolute Gasteiger partial charge is 0.342 e. The molecular weight excluding hydrogens is 379 g/mol. The number of ether oxygens (including phenoxy) is 1. The molecule has 1 aliphatic rings. The van der Waals surface area contributed by atoms with Crippen molar-refractivity contribution in [3.05, 3.63) is 32.6 Å². The zero-order valence-electron chi connectivity index (χ0n) is 11.0. The summed E-state index contributed by atoms with van der Waals surface area (Å²) in [5, 5.41) is 19.0. The number of hydrogen-bond acceptors (Lipinski definition) is 5. The highest BCUT2D eigenvalue weighted by atomic mass is 127. The first-order valence-electron chi connectivity index (χ1n) is 6.47. The summed E-state index contributed by atoms with van der Waals surface area (Å²) in [4.78, 5) is 24.1. The maximum absolute atomic E-state index is 12.1. The van der Waals surface area contributed by atoms with E-state index in [1.807, 2.05) is 6.92 Å². The van der Waals surface area contributed by atoms with Crippen LogP contribution in [0, 0.1) is 0 Å². The number of hydrogen-bond donors (Lipinski definition) is 2. The van der Waals surface area contributed by atoms with Gasteiger partial charge in [0.25, 0.3) is 5.56 Å². The summed E-state index contributed by atoms with van der Waals surface area (Å²) < 4.78 is 7.69. The van der Waals surface area contributed by atoms with Crippen molar-refractivity contribution in [1.82, 2.24) is 7.35 Å². The van der Waals surface area contributed by atoms with Crippen LogP contribution in [0.2, 0.25) is 0 Å². The van der Waals surface area contributed by atoms with Crippen LogP contribution < -0.4 is 11.2 Å². The third kappa shape index (κ3) is 2.83. The highest BCUT2D eigenvalue weighted by Gasteiger charge is 2.36. The van der Waals surface area contributed by atoms with Crippen LogP contribution in [-0.4, -0.2) is 36.4 Å². The molecule has 112 valence electrons. The minimum absolute atomic E-state index is 0.214. The van der Waals surface area contributed by atoms with Gasteiger partial charge in [-0.1, -0.05) is 13.3 Å². The maximum Gasteiger partial charge on any atom is 0.342 e. The summed E-state index contributed by atoms with van der Waals surface area (Å²) in [5.74, 6) is 0. The third-order valence-corrected chi connectivity index (χ3v) is 4.15. The van der Waals surface area contributed by atoms with Crippen molar-refractivity contribution in [2.45, 2.75) is 44.6 Å². The van der Waals surface area contributed by atoms with Gasteiger partial charge in [0.15, 0.2) is 6.23 Å². The molecule has 8 heteroatoms. The van der Waals surface area contributed by atoms with E-state index in [1.54, 1.807) is 22.9 Å². The molecule has 2 rings (SSSR count). The van der Waals surface area contributed by atoms with Crippen LogP contribution in [0.3, 0.4) is 0 Å². The number of aliphatic hydroxyl groups is 2. The lowest BCUT2D eigenvalue weighted by atomic mass is 10.2. The normalized spacial score (nSPS) is 26.1. The Morgan fingerprint density at radius 2 is 2.20 bits per heavy atom. The van der Waals surface area contributed by atoms with E-state index in [0.29, 0.717) is 12.0 Å². The van der Waals surface area contributed by atoms with Crippen LogP contribution in [0.15, 0.2) is 15.8 Å². The van der Waals surface area contributed by atoms with E-state index in [9.17, 15) is 14.7 Å². The molecule has 0 bridgehead atoms. The number of aryl methyl sites for hydroxylation is 1. The Balaban J connectivity index is 2.47. The standard InChI is InChI=1S/C12H17IN2O5/c1-2-3-7-5-14(12(19)15(13)10(7)18)11-9(17)4-8(6-16)20-11/h5,8-9,11,16-17H,2-4,6H2,1H3/t8-,9+,11+/m0/s1. The van der Waals surface area contributed by atoms with E-state index in [1.165, 1.54) is 10.8 Å². The van der Waals surface area contributed by atoms with Gasteiger partial charge in [0, 0.05) is 18.2 Å². The molecule has 1 aromatic heterocycles. The molecule has 2 N–H and O–H groups in total. The molecule has 3 atom stereocenters. The molecule has 1 aliphatic heterocycles. The highest BCUT2D eigenvalue weighted by Crippen LogP contribution is 2.27. The maximum atomic E-state index is 12.1. The van der Waals surface area contributed by atoms with E-state index in [2.05, 4.69) is 0 Å². The fourth-order valence-electron chi connectivity index (χ4n) is 2.31. The number of aliphatic hydroxyl groups excluding tert-OH is 2. The largest absolute Gasteiger partial charge is 0.394 e. The minimum atomic E-state index is -0.881. The Labute approximate surface area is 129 Å². The first-order valence-corrected chi connectivity index (χ1v) is 7.43. The average Bonchev–Trinajstić information content (AvgIpc) is 2.81. The Kier molecular flexibility index (Phi) is 4.99. The minimum Gasteiger partial charge on any atom is -0.394 e. The monoisotopic (exact) mass is 396 g/mol. The van der Waals surface area contributed by atoms with Gasteiger partial charge in [0.05, 0.1) is 35.6 Å². The van der Waals surface area contributed by atoms with Crippen LogP contribution in [0.25, 0.3) is 0 Å². The number of halogens is 1. The molecule has 0 radical (unpaired) electrons. The van der Waals surface area contributed by atoms with Crippen molar-refractivity contribution >= 4 is 22.9 Å². The van der Waals surface area contributed by atoms with E-state index in [-0.39, 0.29) is 18.6 Å². The van der Waals surface area contributed by atoms with Gasteiger partial charge in [0.1, 0.15) is 6.10 Å². The second-order valence-corrected chi connectivity index (χ2v) is 5.78. The van der Waals surface area contributed by atoms with Gasteiger partial charge in [0.2, 0.25) is 0 Å². The number of nitrogens with zero attached hydrogens (tertiary/aromatic N) is 2. The first-order chi connectivity index (χ1) is 9.49. The molecule has 1 aromatic rings. The van der Waals surface area contributed by atoms with Crippen LogP contribution in [0.1, 0.15) is 31.6 Å². The lowest BCUT2D eigenvalue weighted by molar-refractivity contribution is -0.0532. The van der Waals surface area contributed by atoms with Crippen molar-refractivity contribution in [1.29, 1.82) is 0 Å². The Bertz CT molecular complexity index is 596. The van der Waals surface area contributed by atoms with Crippen molar-refractivity contribution in [3.63, 3.8) is 0 Å². The van der Waals surface area contributed by atoms with Gasteiger partial charge in [-0.2, -0.15) is 2.78 Å². The molecule has 0 aromatic carbocycles. The summed E-state index contributed by atoms with van der Waals surface area (Å²) in [6.45, 7) is 1.73. The summed E-state index contributed by atoms with van der Waals surface area (Å²) in [5.41, 5.74) is -0.372. The lowest BCUT2D eigenvalue weighted by Gasteiger charge is -2.18. The van der Waals surface area contributed by atoms with Crippen molar-refractivity contribution in [2.24, 2.45) is 0 Å². The quantitative estimate of drug-likeness (QED) is 0.688. The Hall–Kier alpha value is -0.710. The average molecular weight is 396 g/mol. The van der Waals surface area contributed by atoms with E-state index in [4.69, 9.17) is 9.84 Å². The van der Waals surface area contributed by atoms with Crippen molar-refractivity contribution < 1.29 is 14.9 Å². The number of rotatable bonds is 4. The predicted octanol–water partition coefficient (Wildman–Crippen LogP) is -0.199. The zero-order valence-corrected chi connectivity index (χ0v) is 13.2. The summed E-state index contributed by atoms with van der Waals surface area (Å²) in [6, 6.07) is 0. The van der Waals surface area contributed by atoms with Gasteiger partial charge < -0.3 is 14.9 Å². The van der Waals surface area contributed by atoms with E-state index < -0.39 is 24.1 Å². The van der Waals surface area contributed by atoms with Crippen molar-refractivity contribution in [2.75, 3.05) is 6.61 Å². The predicted molar refractivity (Wildman–Crippen MR) is 80.0 cm³/mol. The molecular formula is C12H17IN2O5. The van der Waals surface area contributed by atoms with E-state index >= 15 is 0 Å². The van der Waals surface area contributed by atoms with Gasteiger partial charge in [-0.3, -0.25) is 9.36 Å². The van der Waals surface area contributed by atoms with E-state index in [0.717, 1.165) is 9.20 Å². The second kappa shape index (κ2) is 6.37. The molecule has 0 amide bonds. The molecule has 1 fully saturated rings. The summed E-state index contributed by atoms with van der Waals surface area (Å²) in [7, 11) is 0. The number of aromatic nitrogens is 2. The molecule has 0 spiro atoms. The molecule has 0 aliphatic carbocycles. The topological polar surface area (TPSA) is 93.7 Å². The molecule has 7 nitrogen and oxygen atoms in total. The Morgan fingerprint density at radius 3 is 2.75 bits per heavy atom. The SMILES string of the molecule is CCCc1cn([C@@H]2O[C@H](CO)C[C@H]2O)c(=O)n(I)c1=O. The molecule has 20 heavy (non-hydrogen) atoms. The van der Waals surface area contributed by atoms with Crippen LogP contribution >= 0.6 is 22.9 Å². The third-order valence-electron chi connectivity index (χ3n) is 3.30. The van der Waals surface area contributed by atoms with Crippen LogP contribution in [-0.2, 0) is 11.2 Å². The molecule has 0 unspecified atom stereocenters. The van der Waals surface area contributed by atoms with Crippen LogP contribution in [0.5, 0.6) is 0 Å². The van der Waals surface area contributed by atoms with Gasteiger partial charge in [-0.05, 0) is 6.42 Å². The van der Waals surface area contributed by atoms with Gasteiger partial charge in [-0.25, -0.2) is 4.79 Å². The van der Waals surface area contributed by atoms with Crippen molar-refractivity contribution in [3.8, 4) is 0 Å².